The van der Waals surface area contributed by atoms with Gasteiger partial charge in [0.15, 0.2) is 0 Å². The summed E-state index contributed by atoms with van der Waals surface area (Å²) in [6.07, 6.45) is -1.98. The van der Waals surface area contributed by atoms with Gasteiger partial charge in [0.25, 0.3) is 5.91 Å². The third kappa shape index (κ3) is 3.45. The van der Waals surface area contributed by atoms with Crippen molar-refractivity contribution in [3.63, 3.8) is 0 Å². The van der Waals surface area contributed by atoms with Crippen LogP contribution in [0, 0.1) is 0 Å². The molecule has 1 aromatic rings. The highest BCUT2D eigenvalue weighted by atomic mass is 32.1. The first-order valence-electron chi connectivity index (χ1n) is 7.98. The van der Waals surface area contributed by atoms with E-state index in [1.165, 1.54) is 18.4 Å². The average Bonchev–Trinajstić information content (AvgIpc) is 2.93. The van der Waals surface area contributed by atoms with Crippen LogP contribution in [0.3, 0.4) is 0 Å². The van der Waals surface area contributed by atoms with Gasteiger partial charge in [0, 0.05) is 25.0 Å². The molecule has 0 aliphatic carbocycles. The highest BCUT2D eigenvalue weighted by molar-refractivity contribution is 7.14. The zero-order valence-electron chi connectivity index (χ0n) is 13.8. The van der Waals surface area contributed by atoms with Crippen LogP contribution in [-0.4, -0.2) is 62.2 Å². The molecule has 1 amide bonds. The lowest BCUT2D eigenvalue weighted by molar-refractivity contribution is -0.138. The normalized spacial score (nSPS) is 20.9. The topological polar surface area (TPSA) is 32.8 Å². The number of halogens is 3. The number of thiophene rings is 1. The molecule has 0 radical (unpaired) electrons. The largest absolute Gasteiger partial charge is 0.406 e. The van der Waals surface area contributed by atoms with Crippen LogP contribution in [0.15, 0.2) is 6.07 Å². The number of piperidine rings is 1. The maximum absolute atomic E-state index is 12.5. The molecule has 0 unspecified atom stereocenters. The lowest BCUT2D eigenvalue weighted by Gasteiger charge is -2.42. The number of fused-ring (bicyclic) bond motifs is 2. The number of hydrogen-bond acceptors (Lipinski definition) is 4. The molecular weight excluding hydrogens is 341 g/mol. The molecule has 0 N–H and O–H groups in total. The molecule has 2 aliphatic heterocycles. The van der Waals surface area contributed by atoms with E-state index >= 15 is 0 Å². The zero-order chi connectivity index (χ0) is 17.5. The van der Waals surface area contributed by atoms with Crippen molar-refractivity contribution in [3.8, 4) is 0 Å². The quantitative estimate of drug-likeness (QED) is 0.811. The lowest BCUT2D eigenvalue weighted by Crippen LogP contribution is -2.44. The SMILES string of the molecule is CN1CCC2(CC1)OCCc1cc(C(=O)N(C)CC(F)(F)F)sc12. The number of hydrogen-bond donors (Lipinski definition) is 0. The standard InChI is InChI=1S/C16H21F3N2O2S/c1-20-6-4-15(5-7-20)13-11(3-8-23-15)9-12(24-13)14(22)21(2)10-16(17,18)19/h9H,3-8,10H2,1-2H3. The molecule has 3 rings (SSSR count). The van der Waals surface area contributed by atoms with Gasteiger partial charge in [-0.05, 0) is 37.9 Å². The first-order valence-corrected chi connectivity index (χ1v) is 8.80. The fourth-order valence-electron chi connectivity index (χ4n) is 3.41. The summed E-state index contributed by atoms with van der Waals surface area (Å²) in [7, 11) is 3.25. The van der Waals surface area contributed by atoms with Crippen LogP contribution in [0.4, 0.5) is 13.2 Å². The Hall–Kier alpha value is -1.12. The average molecular weight is 362 g/mol. The molecule has 8 heteroatoms. The number of ether oxygens (including phenoxy) is 1. The Kier molecular flexibility index (Phi) is 4.65. The summed E-state index contributed by atoms with van der Waals surface area (Å²) in [4.78, 5) is 16.7. The Morgan fingerprint density at radius 3 is 2.71 bits per heavy atom. The first-order chi connectivity index (χ1) is 11.2. The fraction of sp³-hybridized carbons (Fsp3) is 0.688. The Morgan fingerprint density at radius 2 is 2.08 bits per heavy atom. The molecule has 0 aromatic carbocycles. The van der Waals surface area contributed by atoms with Crippen LogP contribution >= 0.6 is 11.3 Å². The number of rotatable bonds is 2. The van der Waals surface area contributed by atoms with E-state index in [0.717, 1.165) is 41.3 Å². The van der Waals surface area contributed by atoms with Crippen LogP contribution in [0.25, 0.3) is 0 Å². The maximum atomic E-state index is 12.5. The van der Waals surface area contributed by atoms with Crippen LogP contribution in [-0.2, 0) is 16.8 Å². The number of likely N-dealkylation sites (tertiary alicyclic amines) is 1. The van der Waals surface area contributed by atoms with E-state index in [4.69, 9.17) is 4.74 Å². The summed E-state index contributed by atoms with van der Waals surface area (Å²) in [5.74, 6) is -0.574. The van der Waals surface area contributed by atoms with Crippen LogP contribution in [0.5, 0.6) is 0 Å². The number of carbonyl (C=O) groups excluding carboxylic acids is 1. The van der Waals surface area contributed by atoms with E-state index in [1.807, 2.05) is 0 Å². The van der Waals surface area contributed by atoms with Crippen LogP contribution in [0.2, 0.25) is 0 Å². The van der Waals surface area contributed by atoms with Crippen molar-refractivity contribution in [2.45, 2.75) is 31.0 Å². The fourth-order valence-corrected chi connectivity index (χ4v) is 4.81. The second-order valence-electron chi connectivity index (χ2n) is 6.64. The van der Waals surface area contributed by atoms with Gasteiger partial charge < -0.3 is 14.5 Å². The van der Waals surface area contributed by atoms with E-state index in [2.05, 4.69) is 11.9 Å². The van der Waals surface area contributed by atoms with Gasteiger partial charge in [0.2, 0.25) is 0 Å². The summed E-state index contributed by atoms with van der Waals surface area (Å²) in [6.45, 7) is 1.18. The zero-order valence-corrected chi connectivity index (χ0v) is 14.6. The molecule has 1 spiro atoms. The number of amides is 1. The van der Waals surface area contributed by atoms with E-state index < -0.39 is 18.6 Å². The molecule has 1 saturated heterocycles. The summed E-state index contributed by atoms with van der Waals surface area (Å²) in [5.41, 5.74) is 0.686. The Morgan fingerprint density at radius 1 is 1.42 bits per heavy atom. The number of nitrogens with zero attached hydrogens (tertiary/aromatic N) is 2. The third-order valence-electron chi connectivity index (χ3n) is 4.74. The molecule has 134 valence electrons. The molecular formula is C16H21F3N2O2S. The minimum Gasteiger partial charge on any atom is -0.369 e. The highest BCUT2D eigenvalue weighted by Gasteiger charge is 2.42. The van der Waals surface area contributed by atoms with Crippen LogP contribution < -0.4 is 0 Å². The summed E-state index contributed by atoms with van der Waals surface area (Å²) >= 11 is 1.30. The predicted octanol–water partition coefficient (Wildman–Crippen LogP) is 2.88. The monoisotopic (exact) mass is 362 g/mol. The highest BCUT2D eigenvalue weighted by Crippen LogP contribution is 2.45. The van der Waals surface area contributed by atoms with Gasteiger partial charge in [-0.25, -0.2) is 0 Å². The van der Waals surface area contributed by atoms with Gasteiger partial charge in [-0.1, -0.05) is 0 Å². The molecule has 1 fully saturated rings. The Balaban J connectivity index is 1.84. The van der Waals surface area contributed by atoms with Gasteiger partial charge >= 0.3 is 6.18 Å². The molecule has 0 bridgehead atoms. The maximum Gasteiger partial charge on any atom is 0.406 e. The molecule has 3 heterocycles. The molecule has 24 heavy (non-hydrogen) atoms. The smallest absolute Gasteiger partial charge is 0.369 e. The number of carbonyl (C=O) groups is 1. The summed E-state index contributed by atoms with van der Waals surface area (Å²) in [6, 6.07) is 1.76. The summed E-state index contributed by atoms with van der Waals surface area (Å²) in [5, 5.41) is 0. The van der Waals surface area contributed by atoms with Crippen molar-refractivity contribution in [1.82, 2.24) is 9.80 Å². The first kappa shape index (κ1) is 17.7. The minimum atomic E-state index is -4.39. The van der Waals surface area contributed by atoms with Crippen molar-refractivity contribution < 1.29 is 22.7 Å². The van der Waals surface area contributed by atoms with E-state index in [0.29, 0.717) is 17.9 Å². The van der Waals surface area contributed by atoms with Gasteiger partial charge in [0.05, 0.1) is 11.5 Å². The van der Waals surface area contributed by atoms with Crippen molar-refractivity contribution >= 4 is 17.2 Å². The molecule has 0 atom stereocenters. The second-order valence-corrected chi connectivity index (χ2v) is 7.69. The Labute approximate surface area is 143 Å². The van der Waals surface area contributed by atoms with Gasteiger partial charge in [-0.2, -0.15) is 13.2 Å². The van der Waals surface area contributed by atoms with Gasteiger partial charge in [-0.15, -0.1) is 11.3 Å². The second kappa shape index (κ2) is 6.31. The number of alkyl halides is 3. The molecule has 1 aromatic heterocycles. The predicted molar refractivity (Wildman–Crippen MR) is 85.4 cm³/mol. The van der Waals surface area contributed by atoms with Crippen molar-refractivity contribution in [2.24, 2.45) is 0 Å². The van der Waals surface area contributed by atoms with Gasteiger partial charge in [-0.3, -0.25) is 4.79 Å². The molecule has 2 aliphatic rings. The van der Waals surface area contributed by atoms with Gasteiger partial charge in [0.1, 0.15) is 12.1 Å². The lowest BCUT2D eigenvalue weighted by atomic mass is 9.85. The third-order valence-corrected chi connectivity index (χ3v) is 6.09. The van der Waals surface area contributed by atoms with Crippen molar-refractivity contribution in [1.29, 1.82) is 0 Å². The minimum absolute atomic E-state index is 0.369. The summed E-state index contributed by atoms with van der Waals surface area (Å²) < 4.78 is 43.6. The van der Waals surface area contributed by atoms with E-state index in [9.17, 15) is 18.0 Å². The molecule has 4 nitrogen and oxygen atoms in total. The van der Waals surface area contributed by atoms with Crippen LogP contribution in [0.1, 0.15) is 33.0 Å². The van der Waals surface area contributed by atoms with Crippen molar-refractivity contribution in [2.75, 3.05) is 40.3 Å². The van der Waals surface area contributed by atoms with E-state index in [-0.39, 0.29) is 5.60 Å². The molecule has 0 saturated carbocycles. The van der Waals surface area contributed by atoms with E-state index in [1.54, 1.807) is 6.07 Å². The van der Waals surface area contributed by atoms with Crippen molar-refractivity contribution in [3.05, 3.63) is 21.4 Å². The Bertz CT molecular complexity index is 621.